The molecule has 0 radical (unpaired) electrons. The first-order chi connectivity index (χ1) is 13.5. The van der Waals surface area contributed by atoms with E-state index in [-0.39, 0.29) is 17.9 Å². The van der Waals surface area contributed by atoms with E-state index in [9.17, 15) is 9.90 Å². The maximum atomic E-state index is 12.9. The molecule has 0 aromatic heterocycles. The van der Waals surface area contributed by atoms with Crippen molar-refractivity contribution in [1.29, 1.82) is 0 Å². The molecule has 1 aromatic carbocycles. The highest BCUT2D eigenvalue weighted by Crippen LogP contribution is 2.42. The SMILES string of the molecule is CC(C)[Si](OCC[C@@H](C)C(=O)N(C)[C@@H](C)[C@@H](O)c1ccccc1)(C(C)C)C(C)C. The Hall–Kier alpha value is -1.17. The molecule has 0 aliphatic rings. The summed E-state index contributed by atoms with van der Waals surface area (Å²) >= 11 is 0. The topological polar surface area (TPSA) is 49.8 Å². The fraction of sp³-hybridized carbons (Fsp3) is 0.708. The molecule has 0 heterocycles. The molecule has 0 unspecified atom stereocenters. The van der Waals surface area contributed by atoms with E-state index in [1.165, 1.54) is 0 Å². The Morgan fingerprint density at radius 1 is 0.966 bits per heavy atom. The second kappa shape index (κ2) is 11.3. The maximum Gasteiger partial charge on any atom is 0.225 e. The van der Waals surface area contributed by atoms with Crippen LogP contribution >= 0.6 is 0 Å². The Morgan fingerprint density at radius 2 is 1.45 bits per heavy atom. The number of carbonyl (C=O) groups is 1. The van der Waals surface area contributed by atoms with E-state index in [0.29, 0.717) is 29.7 Å². The predicted octanol–water partition coefficient (Wildman–Crippen LogP) is 5.79. The lowest BCUT2D eigenvalue weighted by molar-refractivity contribution is -0.138. The normalized spacial score (nSPS) is 15.6. The molecule has 1 aromatic rings. The summed E-state index contributed by atoms with van der Waals surface area (Å²) in [5.41, 5.74) is 2.45. The van der Waals surface area contributed by atoms with Crippen molar-refractivity contribution < 1.29 is 14.3 Å². The summed E-state index contributed by atoms with van der Waals surface area (Å²) in [6.45, 7) is 18.2. The third-order valence-corrected chi connectivity index (χ3v) is 12.7. The van der Waals surface area contributed by atoms with Gasteiger partial charge in [0.15, 0.2) is 8.32 Å². The second-order valence-electron chi connectivity index (χ2n) is 9.40. The number of benzene rings is 1. The zero-order valence-corrected chi connectivity index (χ0v) is 21.0. The van der Waals surface area contributed by atoms with Crippen LogP contribution in [-0.4, -0.2) is 43.9 Å². The molecular weight excluding hydrogens is 378 g/mol. The van der Waals surface area contributed by atoms with Gasteiger partial charge < -0.3 is 14.4 Å². The first-order valence-corrected chi connectivity index (χ1v) is 13.2. The van der Waals surface area contributed by atoms with Crippen molar-refractivity contribution in [3.8, 4) is 0 Å². The van der Waals surface area contributed by atoms with Crippen LogP contribution in [0.15, 0.2) is 30.3 Å². The molecule has 0 aliphatic heterocycles. The Morgan fingerprint density at radius 3 is 1.90 bits per heavy atom. The molecule has 4 nitrogen and oxygen atoms in total. The molecule has 0 fully saturated rings. The molecule has 0 saturated carbocycles. The van der Waals surface area contributed by atoms with Gasteiger partial charge in [-0.15, -0.1) is 0 Å². The van der Waals surface area contributed by atoms with Gasteiger partial charge in [-0.3, -0.25) is 4.79 Å². The number of aliphatic hydroxyl groups excluding tert-OH is 1. The average molecular weight is 422 g/mol. The Balaban J connectivity index is 2.71. The number of amides is 1. The third-order valence-electron chi connectivity index (χ3n) is 6.59. The number of aliphatic hydroxyl groups is 1. The van der Waals surface area contributed by atoms with Crippen molar-refractivity contribution in [1.82, 2.24) is 4.90 Å². The van der Waals surface area contributed by atoms with Gasteiger partial charge in [0.05, 0.1) is 12.1 Å². The van der Waals surface area contributed by atoms with Crippen LogP contribution in [0.2, 0.25) is 16.6 Å². The van der Waals surface area contributed by atoms with Gasteiger partial charge in [-0.2, -0.15) is 0 Å². The van der Waals surface area contributed by atoms with E-state index in [1.807, 2.05) is 44.2 Å². The van der Waals surface area contributed by atoms with E-state index >= 15 is 0 Å². The molecule has 1 N–H and O–H groups in total. The van der Waals surface area contributed by atoms with Gasteiger partial charge in [0, 0.05) is 19.6 Å². The number of hydrogen-bond acceptors (Lipinski definition) is 3. The van der Waals surface area contributed by atoms with Crippen molar-refractivity contribution in [2.75, 3.05) is 13.7 Å². The van der Waals surface area contributed by atoms with Gasteiger partial charge in [-0.05, 0) is 35.5 Å². The van der Waals surface area contributed by atoms with Crippen molar-refractivity contribution >= 4 is 14.2 Å². The van der Waals surface area contributed by atoms with Crippen molar-refractivity contribution in [2.24, 2.45) is 5.92 Å². The minimum Gasteiger partial charge on any atom is -0.416 e. The van der Waals surface area contributed by atoms with Gasteiger partial charge in [0.2, 0.25) is 5.91 Å². The van der Waals surface area contributed by atoms with Crippen LogP contribution in [0.4, 0.5) is 0 Å². The minimum atomic E-state index is -1.91. The smallest absolute Gasteiger partial charge is 0.225 e. The quantitative estimate of drug-likeness (QED) is 0.460. The summed E-state index contributed by atoms with van der Waals surface area (Å²) in [6, 6.07) is 9.23. The first kappa shape index (κ1) is 25.9. The van der Waals surface area contributed by atoms with Crippen molar-refractivity contribution in [2.45, 2.75) is 90.6 Å². The largest absolute Gasteiger partial charge is 0.416 e. The fourth-order valence-corrected chi connectivity index (χ4v) is 10.2. The summed E-state index contributed by atoms with van der Waals surface area (Å²) in [4.78, 5) is 14.6. The zero-order valence-electron chi connectivity index (χ0n) is 20.0. The van der Waals surface area contributed by atoms with Crippen LogP contribution in [0.25, 0.3) is 0 Å². The molecule has 29 heavy (non-hydrogen) atoms. The molecule has 0 saturated heterocycles. The van der Waals surface area contributed by atoms with Gasteiger partial charge >= 0.3 is 0 Å². The molecule has 3 atom stereocenters. The first-order valence-electron chi connectivity index (χ1n) is 11.1. The number of nitrogens with zero attached hydrogens (tertiary/aromatic N) is 1. The number of carbonyl (C=O) groups excluding carboxylic acids is 1. The summed E-state index contributed by atoms with van der Waals surface area (Å²) in [6.07, 6.45) is 0.00888. The highest BCUT2D eigenvalue weighted by atomic mass is 28.4. The molecule has 1 amide bonds. The molecule has 0 bridgehead atoms. The van der Waals surface area contributed by atoms with Crippen LogP contribution in [0.5, 0.6) is 0 Å². The van der Waals surface area contributed by atoms with E-state index in [1.54, 1.807) is 11.9 Å². The molecule has 1 rings (SSSR count). The van der Waals surface area contributed by atoms with E-state index < -0.39 is 14.4 Å². The van der Waals surface area contributed by atoms with Gasteiger partial charge in [0.1, 0.15) is 0 Å². The summed E-state index contributed by atoms with van der Waals surface area (Å²) in [5.74, 6) is -0.0781. The fourth-order valence-electron chi connectivity index (χ4n) is 4.72. The average Bonchev–Trinajstić information content (AvgIpc) is 2.68. The molecule has 5 heteroatoms. The van der Waals surface area contributed by atoms with Crippen LogP contribution in [0, 0.1) is 5.92 Å². The zero-order chi connectivity index (χ0) is 22.4. The van der Waals surface area contributed by atoms with Crippen molar-refractivity contribution in [3.05, 3.63) is 35.9 Å². The highest BCUT2D eigenvalue weighted by molar-refractivity contribution is 6.77. The van der Waals surface area contributed by atoms with Crippen LogP contribution < -0.4 is 0 Å². The molecule has 0 aliphatic carbocycles. The standard InChI is InChI=1S/C24H43NO3Si/c1-17(2)29(18(3)4,19(5)6)28-16-15-20(7)24(27)25(9)21(8)23(26)22-13-11-10-12-14-22/h10-14,17-21,23,26H,15-16H2,1-9H3/t20-,21+,23-/m1/s1. The highest BCUT2D eigenvalue weighted by Gasteiger charge is 2.45. The Labute approximate surface area is 179 Å². The lowest BCUT2D eigenvalue weighted by Crippen LogP contribution is -2.48. The van der Waals surface area contributed by atoms with E-state index in [4.69, 9.17) is 4.43 Å². The van der Waals surface area contributed by atoms with Gasteiger partial charge in [-0.1, -0.05) is 78.8 Å². The van der Waals surface area contributed by atoms with E-state index in [2.05, 4.69) is 41.5 Å². The van der Waals surface area contributed by atoms with Crippen LogP contribution in [-0.2, 0) is 9.22 Å². The lowest BCUT2D eigenvalue weighted by Gasteiger charge is -2.42. The Bertz CT molecular complexity index is 596. The molecular formula is C24H43NO3Si. The van der Waals surface area contributed by atoms with Gasteiger partial charge in [0.25, 0.3) is 0 Å². The summed E-state index contributed by atoms with van der Waals surface area (Å²) < 4.78 is 6.61. The van der Waals surface area contributed by atoms with Crippen LogP contribution in [0.1, 0.15) is 73.5 Å². The van der Waals surface area contributed by atoms with Crippen LogP contribution in [0.3, 0.4) is 0 Å². The van der Waals surface area contributed by atoms with Gasteiger partial charge in [-0.25, -0.2) is 0 Å². The third kappa shape index (κ3) is 6.16. The number of likely N-dealkylation sites (N-methyl/N-ethyl adjacent to an activating group) is 1. The summed E-state index contributed by atoms with van der Waals surface area (Å²) in [5, 5.41) is 10.6. The second-order valence-corrected chi connectivity index (χ2v) is 14.9. The predicted molar refractivity (Wildman–Crippen MR) is 124 cm³/mol. The molecule has 166 valence electrons. The van der Waals surface area contributed by atoms with Crippen molar-refractivity contribution in [3.63, 3.8) is 0 Å². The monoisotopic (exact) mass is 421 g/mol. The number of rotatable bonds is 11. The van der Waals surface area contributed by atoms with E-state index in [0.717, 1.165) is 5.56 Å². The maximum absolute atomic E-state index is 12.9. The number of hydrogen-bond donors (Lipinski definition) is 1. The summed E-state index contributed by atoms with van der Waals surface area (Å²) in [7, 11) is -0.121. The molecule has 0 spiro atoms. The minimum absolute atomic E-state index is 0.0574. The Kier molecular flexibility index (Phi) is 10.1. The lowest BCUT2D eigenvalue weighted by atomic mass is 10.0.